The Balaban J connectivity index is 1.91. The quantitative estimate of drug-likeness (QED) is 0.293. The summed E-state index contributed by atoms with van der Waals surface area (Å²) >= 11 is 3.74. The van der Waals surface area contributed by atoms with E-state index in [0.29, 0.717) is 7.14 Å². The monoisotopic (exact) mass is 580 g/mol. The fourth-order valence-corrected chi connectivity index (χ4v) is 4.53. The highest BCUT2D eigenvalue weighted by Crippen LogP contribution is 2.36. The number of benzene rings is 3. The second-order valence-electron chi connectivity index (χ2n) is 5.76. The van der Waals surface area contributed by atoms with Crippen molar-refractivity contribution in [3.8, 4) is 28.0 Å². The van der Waals surface area contributed by atoms with Crippen LogP contribution < -0.4 is 4.74 Å². The van der Waals surface area contributed by atoms with Crippen molar-refractivity contribution in [1.29, 1.82) is 0 Å². The van der Waals surface area contributed by atoms with Crippen LogP contribution in [-0.4, -0.2) is 6.36 Å². The van der Waals surface area contributed by atoms with Gasteiger partial charge in [-0.1, -0.05) is 54.1 Å². The average molecular weight is 580 g/mol. The van der Waals surface area contributed by atoms with Crippen molar-refractivity contribution in [3.05, 3.63) is 73.4 Å². The molecule has 3 aromatic rings. The molecule has 6 heteroatoms. The Labute approximate surface area is 176 Å². The zero-order valence-corrected chi connectivity index (χ0v) is 17.9. The SMILES string of the molecule is Cc1ccc(-c2ccc(-c3cc(I)c(OC(F)(F)F)c(I)c3)cc2)cc1. The van der Waals surface area contributed by atoms with Crippen LogP contribution in [0.4, 0.5) is 13.2 Å². The summed E-state index contributed by atoms with van der Waals surface area (Å²) in [7, 11) is 0. The van der Waals surface area contributed by atoms with Crippen LogP contribution in [0.15, 0.2) is 60.7 Å². The molecule has 26 heavy (non-hydrogen) atoms. The highest BCUT2D eigenvalue weighted by atomic mass is 127. The summed E-state index contributed by atoms with van der Waals surface area (Å²) in [5, 5.41) is 0. The predicted molar refractivity (Wildman–Crippen MR) is 114 cm³/mol. The molecule has 0 atom stereocenters. The van der Waals surface area contributed by atoms with Crippen molar-refractivity contribution < 1.29 is 17.9 Å². The van der Waals surface area contributed by atoms with Crippen molar-refractivity contribution in [1.82, 2.24) is 0 Å². The molecule has 0 saturated heterocycles. The molecular formula is C20H13F3I2O. The van der Waals surface area contributed by atoms with Gasteiger partial charge in [-0.3, -0.25) is 0 Å². The highest BCUT2D eigenvalue weighted by Gasteiger charge is 2.33. The van der Waals surface area contributed by atoms with E-state index in [1.54, 1.807) is 12.1 Å². The van der Waals surface area contributed by atoms with E-state index in [-0.39, 0.29) is 5.75 Å². The number of hydrogen-bond acceptors (Lipinski definition) is 1. The molecule has 0 bridgehead atoms. The number of hydrogen-bond donors (Lipinski definition) is 0. The first-order valence-electron chi connectivity index (χ1n) is 7.65. The molecule has 134 valence electrons. The van der Waals surface area contributed by atoms with Crippen molar-refractivity contribution in [2.75, 3.05) is 0 Å². The van der Waals surface area contributed by atoms with Gasteiger partial charge in [0, 0.05) is 0 Å². The summed E-state index contributed by atoms with van der Waals surface area (Å²) in [5.41, 5.74) is 5.21. The number of alkyl halides is 3. The Morgan fingerprint density at radius 1 is 0.692 bits per heavy atom. The molecule has 0 aliphatic rings. The first-order chi connectivity index (χ1) is 12.2. The Hall–Kier alpha value is -1.29. The molecule has 0 fully saturated rings. The third kappa shape index (κ3) is 4.70. The third-order valence-corrected chi connectivity index (χ3v) is 5.42. The summed E-state index contributed by atoms with van der Waals surface area (Å²) < 4.78 is 42.5. The standard InChI is InChI=1S/C20H13F3I2O/c1-12-2-4-13(5-3-12)14-6-8-15(9-7-14)16-10-17(24)19(18(25)11-16)26-20(21,22)23/h2-11H,1H3. The Bertz CT molecular complexity index is 894. The largest absolute Gasteiger partial charge is 0.573 e. The third-order valence-electron chi connectivity index (χ3n) is 3.82. The van der Waals surface area contributed by atoms with E-state index in [1.165, 1.54) is 5.56 Å². The lowest BCUT2D eigenvalue weighted by atomic mass is 10.00. The molecule has 1 nitrogen and oxygen atoms in total. The molecular weight excluding hydrogens is 567 g/mol. The second-order valence-corrected chi connectivity index (χ2v) is 8.08. The van der Waals surface area contributed by atoms with Gasteiger partial charge >= 0.3 is 6.36 Å². The second kappa shape index (κ2) is 7.75. The number of aryl methyl sites for hydroxylation is 1. The lowest BCUT2D eigenvalue weighted by molar-refractivity contribution is -0.275. The molecule has 0 radical (unpaired) electrons. The Morgan fingerprint density at radius 3 is 1.50 bits per heavy atom. The lowest BCUT2D eigenvalue weighted by Gasteiger charge is -2.14. The topological polar surface area (TPSA) is 9.23 Å². The predicted octanol–water partition coefficient (Wildman–Crippen LogP) is 7.44. The van der Waals surface area contributed by atoms with E-state index >= 15 is 0 Å². The van der Waals surface area contributed by atoms with Crippen LogP contribution >= 0.6 is 45.2 Å². The molecule has 3 rings (SSSR count). The van der Waals surface area contributed by atoms with Crippen LogP contribution in [0.2, 0.25) is 0 Å². The molecule has 0 N–H and O–H groups in total. The highest BCUT2D eigenvalue weighted by molar-refractivity contribution is 14.1. The normalized spacial score (nSPS) is 11.5. The fourth-order valence-electron chi connectivity index (χ4n) is 2.54. The van der Waals surface area contributed by atoms with Gasteiger partial charge in [0.1, 0.15) is 0 Å². The van der Waals surface area contributed by atoms with Gasteiger partial charge in [0.2, 0.25) is 0 Å². The molecule has 0 saturated carbocycles. The van der Waals surface area contributed by atoms with Crippen LogP contribution in [-0.2, 0) is 0 Å². The summed E-state index contributed by atoms with van der Waals surface area (Å²) in [6, 6.07) is 19.6. The minimum Gasteiger partial charge on any atom is -0.404 e. The van der Waals surface area contributed by atoms with Crippen molar-refractivity contribution >= 4 is 45.2 Å². The van der Waals surface area contributed by atoms with E-state index in [1.807, 2.05) is 76.4 Å². The van der Waals surface area contributed by atoms with Gasteiger partial charge in [-0.2, -0.15) is 0 Å². The molecule has 0 heterocycles. The van der Waals surface area contributed by atoms with Gasteiger partial charge < -0.3 is 4.74 Å². The van der Waals surface area contributed by atoms with Crippen LogP contribution in [0.25, 0.3) is 22.3 Å². The zero-order valence-electron chi connectivity index (χ0n) is 13.6. The molecule has 0 unspecified atom stereocenters. The van der Waals surface area contributed by atoms with Crippen molar-refractivity contribution in [2.24, 2.45) is 0 Å². The minimum absolute atomic E-state index is 0.154. The maximum absolute atomic E-state index is 12.5. The molecule has 0 aliphatic heterocycles. The van der Waals surface area contributed by atoms with Crippen molar-refractivity contribution in [3.63, 3.8) is 0 Å². The summed E-state index contributed by atoms with van der Waals surface area (Å²) in [6.07, 6.45) is -4.70. The van der Waals surface area contributed by atoms with E-state index in [0.717, 1.165) is 22.3 Å². The molecule has 0 spiro atoms. The van der Waals surface area contributed by atoms with E-state index in [9.17, 15) is 13.2 Å². The van der Waals surface area contributed by atoms with Crippen LogP contribution in [0, 0.1) is 14.1 Å². The van der Waals surface area contributed by atoms with Gasteiger partial charge in [0.25, 0.3) is 0 Å². The van der Waals surface area contributed by atoms with E-state index in [2.05, 4.69) is 29.0 Å². The van der Waals surface area contributed by atoms with Crippen molar-refractivity contribution in [2.45, 2.75) is 13.3 Å². The van der Waals surface area contributed by atoms with Gasteiger partial charge in [-0.15, -0.1) is 13.2 Å². The zero-order chi connectivity index (χ0) is 18.9. The molecule has 0 aliphatic carbocycles. The van der Waals surface area contributed by atoms with Crippen LogP contribution in [0.1, 0.15) is 5.56 Å². The van der Waals surface area contributed by atoms with Gasteiger partial charge in [0.05, 0.1) is 7.14 Å². The first-order valence-corrected chi connectivity index (χ1v) is 9.81. The average Bonchev–Trinajstić information content (AvgIpc) is 2.58. The number of ether oxygens (including phenoxy) is 1. The number of halogens is 5. The van der Waals surface area contributed by atoms with Gasteiger partial charge in [0.15, 0.2) is 5.75 Å². The minimum atomic E-state index is -4.70. The Morgan fingerprint density at radius 2 is 1.08 bits per heavy atom. The van der Waals surface area contributed by atoms with Crippen LogP contribution in [0.5, 0.6) is 5.75 Å². The summed E-state index contributed by atoms with van der Waals surface area (Å²) in [5.74, 6) is -0.154. The van der Waals surface area contributed by atoms with E-state index in [4.69, 9.17) is 0 Å². The number of rotatable bonds is 3. The summed E-state index contributed by atoms with van der Waals surface area (Å²) in [4.78, 5) is 0. The Kier molecular flexibility index (Phi) is 5.81. The molecule has 0 aromatic heterocycles. The molecule has 0 amide bonds. The van der Waals surface area contributed by atoms with Gasteiger partial charge in [-0.05, 0) is 86.5 Å². The lowest BCUT2D eigenvalue weighted by Crippen LogP contribution is -2.18. The smallest absolute Gasteiger partial charge is 0.404 e. The summed E-state index contributed by atoms with van der Waals surface area (Å²) in [6.45, 7) is 2.04. The van der Waals surface area contributed by atoms with Crippen LogP contribution in [0.3, 0.4) is 0 Å². The first kappa shape index (κ1) is 19.5. The maximum Gasteiger partial charge on any atom is 0.573 e. The fraction of sp³-hybridized carbons (Fsp3) is 0.100. The maximum atomic E-state index is 12.5. The van der Waals surface area contributed by atoms with Gasteiger partial charge in [-0.25, -0.2) is 0 Å². The van der Waals surface area contributed by atoms with E-state index < -0.39 is 6.36 Å². The molecule has 3 aromatic carbocycles.